The fourth-order valence-corrected chi connectivity index (χ4v) is 3.01. The Morgan fingerprint density at radius 3 is 2.55 bits per heavy atom. The number of ether oxygens (including phenoxy) is 1. The van der Waals surface area contributed by atoms with Gasteiger partial charge in [0.15, 0.2) is 11.6 Å². The van der Waals surface area contributed by atoms with E-state index in [4.69, 9.17) is 4.74 Å². The van der Waals surface area contributed by atoms with Crippen molar-refractivity contribution in [2.24, 2.45) is 5.41 Å². The van der Waals surface area contributed by atoms with Crippen LogP contribution in [0.15, 0.2) is 30.3 Å². The first-order valence-corrected chi connectivity index (χ1v) is 7.89. The Labute approximate surface area is 130 Å². The van der Waals surface area contributed by atoms with Gasteiger partial charge in [-0.05, 0) is 19.8 Å². The van der Waals surface area contributed by atoms with Crippen LogP contribution >= 0.6 is 0 Å². The van der Waals surface area contributed by atoms with E-state index in [2.05, 4.69) is 0 Å². The molecule has 1 aliphatic carbocycles. The molecule has 1 aliphatic rings. The lowest BCUT2D eigenvalue weighted by Crippen LogP contribution is -2.42. The summed E-state index contributed by atoms with van der Waals surface area (Å²) in [5, 5.41) is 0. The van der Waals surface area contributed by atoms with Gasteiger partial charge in [0.1, 0.15) is 5.41 Å². The fourth-order valence-electron chi connectivity index (χ4n) is 3.01. The highest BCUT2D eigenvalue weighted by Crippen LogP contribution is 2.37. The Morgan fingerprint density at radius 2 is 1.86 bits per heavy atom. The second-order valence-corrected chi connectivity index (χ2v) is 5.75. The van der Waals surface area contributed by atoms with Crippen molar-refractivity contribution in [2.45, 2.75) is 45.4 Å². The van der Waals surface area contributed by atoms with Gasteiger partial charge in [-0.1, -0.05) is 43.2 Å². The van der Waals surface area contributed by atoms with Crippen molar-refractivity contribution < 1.29 is 19.1 Å². The molecular formula is C18H22O4. The molecule has 1 aromatic carbocycles. The highest BCUT2D eigenvalue weighted by atomic mass is 16.5. The lowest BCUT2D eigenvalue weighted by Gasteiger charge is -2.28. The fraction of sp³-hybridized carbons (Fsp3) is 0.500. The first-order chi connectivity index (χ1) is 10.6. The van der Waals surface area contributed by atoms with Crippen molar-refractivity contribution in [3.8, 4) is 0 Å². The molecular weight excluding hydrogens is 280 g/mol. The monoisotopic (exact) mass is 302 g/mol. The zero-order valence-electron chi connectivity index (χ0n) is 13.0. The number of rotatable bonds is 5. The summed E-state index contributed by atoms with van der Waals surface area (Å²) in [6, 6.07) is 8.80. The van der Waals surface area contributed by atoms with E-state index in [9.17, 15) is 14.4 Å². The average Bonchev–Trinajstić information content (AvgIpc) is 2.71. The Balaban J connectivity index is 2.30. The number of carbonyl (C=O) groups is 3. The van der Waals surface area contributed by atoms with Gasteiger partial charge in [-0.3, -0.25) is 14.4 Å². The topological polar surface area (TPSA) is 60.4 Å². The number of benzene rings is 1. The molecule has 0 saturated heterocycles. The molecule has 0 spiro atoms. The molecule has 1 fully saturated rings. The molecule has 0 aliphatic heterocycles. The summed E-state index contributed by atoms with van der Waals surface area (Å²) in [4.78, 5) is 37.5. The molecule has 0 unspecified atom stereocenters. The van der Waals surface area contributed by atoms with Gasteiger partial charge in [-0.15, -0.1) is 0 Å². The standard InChI is InChI=1S/C18H22O4/c1-2-22-17(21)18(12-8-4-7-11-16(18)20)13-15(19)14-9-5-3-6-10-14/h3,5-6,9-10H,2,4,7-8,11-13H2,1H3/t18-/m1/s1. The minimum absolute atomic E-state index is 0.0886. The van der Waals surface area contributed by atoms with Crippen LogP contribution in [0.1, 0.15) is 55.8 Å². The maximum Gasteiger partial charge on any atom is 0.320 e. The van der Waals surface area contributed by atoms with Gasteiger partial charge in [0.2, 0.25) is 0 Å². The number of esters is 1. The van der Waals surface area contributed by atoms with Crippen molar-refractivity contribution >= 4 is 17.5 Å². The van der Waals surface area contributed by atoms with Gasteiger partial charge < -0.3 is 4.74 Å². The van der Waals surface area contributed by atoms with E-state index in [1.54, 1.807) is 31.2 Å². The summed E-state index contributed by atoms with van der Waals surface area (Å²) in [6.07, 6.45) is 3.12. The highest BCUT2D eigenvalue weighted by molar-refractivity contribution is 6.09. The van der Waals surface area contributed by atoms with E-state index < -0.39 is 11.4 Å². The molecule has 0 aromatic heterocycles. The molecule has 118 valence electrons. The molecule has 0 bridgehead atoms. The summed E-state index contributed by atoms with van der Waals surface area (Å²) < 4.78 is 5.14. The van der Waals surface area contributed by atoms with Crippen LogP contribution in [0, 0.1) is 5.41 Å². The summed E-state index contributed by atoms with van der Waals surface area (Å²) >= 11 is 0. The third-order valence-electron chi connectivity index (χ3n) is 4.27. The summed E-state index contributed by atoms with van der Waals surface area (Å²) in [6.45, 7) is 1.93. The van der Waals surface area contributed by atoms with E-state index in [0.29, 0.717) is 18.4 Å². The number of hydrogen-bond acceptors (Lipinski definition) is 4. The Morgan fingerprint density at radius 1 is 1.14 bits per heavy atom. The molecule has 0 N–H and O–H groups in total. The van der Waals surface area contributed by atoms with E-state index in [-0.39, 0.29) is 24.6 Å². The largest absolute Gasteiger partial charge is 0.465 e. The average molecular weight is 302 g/mol. The molecule has 2 rings (SSSR count). The van der Waals surface area contributed by atoms with Gasteiger partial charge in [-0.2, -0.15) is 0 Å². The maximum absolute atomic E-state index is 12.6. The number of Topliss-reactive ketones (excluding diaryl/α,β-unsaturated/α-hetero) is 2. The van der Waals surface area contributed by atoms with E-state index in [1.807, 2.05) is 6.07 Å². The van der Waals surface area contributed by atoms with E-state index >= 15 is 0 Å². The summed E-state index contributed by atoms with van der Waals surface area (Å²) in [5.74, 6) is -0.859. The maximum atomic E-state index is 12.6. The predicted molar refractivity (Wildman–Crippen MR) is 82.5 cm³/mol. The van der Waals surface area contributed by atoms with E-state index in [0.717, 1.165) is 19.3 Å². The summed E-state index contributed by atoms with van der Waals surface area (Å²) in [7, 11) is 0. The number of hydrogen-bond donors (Lipinski definition) is 0. The SMILES string of the molecule is CCOC(=O)[C@@]1(CC(=O)c2ccccc2)CCCCCC1=O. The molecule has 1 aromatic rings. The molecule has 0 radical (unpaired) electrons. The molecule has 4 nitrogen and oxygen atoms in total. The first kappa shape index (κ1) is 16.4. The third kappa shape index (κ3) is 3.43. The van der Waals surface area contributed by atoms with Crippen LogP contribution in [-0.2, 0) is 14.3 Å². The molecule has 0 amide bonds. The molecule has 0 heterocycles. The lowest BCUT2D eigenvalue weighted by atomic mass is 9.74. The van der Waals surface area contributed by atoms with Crippen molar-refractivity contribution in [1.82, 2.24) is 0 Å². The van der Waals surface area contributed by atoms with Gasteiger partial charge in [0, 0.05) is 18.4 Å². The normalized spacial score (nSPS) is 22.0. The minimum Gasteiger partial charge on any atom is -0.465 e. The Bertz CT molecular complexity index is 549. The quantitative estimate of drug-likeness (QED) is 0.362. The lowest BCUT2D eigenvalue weighted by molar-refractivity contribution is -0.160. The van der Waals surface area contributed by atoms with Crippen molar-refractivity contribution in [3.05, 3.63) is 35.9 Å². The predicted octanol–water partition coefficient (Wildman–Crippen LogP) is 3.34. The first-order valence-electron chi connectivity index (χ1n) is 7.89. The second-order valence-electron chi connectivity index (χ2n) is 5.75. The van der Waals surface area contributed by atoms with Crippen LogP contribution in [0.3, 0.4) is 0 Å². The van der Waals surface area contributed by atoms with Gasteiger partial charge in [0.05, 0.1) is 6.61 Å². The van der Waals surface area contributed by atoms with E-state index in [1.165, 1.54) is 0 Å². The Kier molecular flexibility index (Phi) is 5.47. The molecule has 1 saturated carbocycles. The van der Waals surface area contributed by atoms with Gasteiger partial charge >= 0.3 is 5.97 Å². The van der Waals surface area contributed by atoms with Gasteiger partial charge in [-0.25, -0.2) is 0 Å². The van der Waals surface area contributed by atoms with Crippen LogP contribution in [0.4, 0.5) is 0 Å². The number of ketones is 2. The second kappa shape index (κ2) is 7.34. The Hall–Kier alpha value is -1.97. The van der Waals surface area contributed by atoms with Crippen molar-refractivity contribution in [2.75, 3.05) is 6.61 Å². The summed E-state index contributed by atoms with van der Waals surface area (Å²) in [5.41, 5.74) is -0.761. The molecule has 22 heavy (non-hydrogen) atoms. The van der Waals surface area contributed by atoms with Crippen molar-refractivity contribution in [3.63, 3.8) is 0 Å². The highest BCUT2D eigenvalue weighted by Gasteiger charge is 2.48. The van der Waals surface area contributed by atoms with Crippen LogP contribution in [0.2, 0.25) is 0 Å². The van der Waals surface area contributed by atoms with Crippen LogP contribution in [0.5, 0.6) is 0 Å². The van der Waals surface area contributed by atoms with Crippen LogP contribution in [0.25, 0.3) is 0 Å². The molecule has 4 heteroatoms. The number of carbonyl (C=O) groups excluding carboxylic acids is 3. The zero-order valence-corrected chi connectivity index (χ0v) is 13.0. The van der Waals surface area contributed by atoms with Gasteiger partial charge in [0.25, 0.3) is 0 Å². The molecule has 1 atom stereocenters. The van der Waals surface area contributed by atoms with Crippen LogP contribution in [-0.4, -0.2) is 24.1 Å². The minimum atomic E-state index is -1.29. The third-order valence-corrected chi connectivity index (χ3v) is 4.27. The smallest absolute Gasteiger partial charge is 0.320 e. The van der Waals surface area contributed by atoms with Crippen LogP contribution < -0.4 is 0 Å². The zero-order chi connectivity index (χ0) is 16.0. The van der Waals surface area contributed by atoms with Crippen molar-refractivity contribution in [1.29, 1.82) is 0 Å².